The summed E-state index contributed by atoms with van der Waals surface area (Å²) in [5.74, 6) is 0.786. The molecule has 2 heterocycles. The van der Waals surface area contributed by atoms with E-state index in [0.717, 1.165) is 28.7 Å². The zero-order chi connectivity index (χ0) is 21.1. The van der Waals surface area contributed by atoms with Crippen LogP contribution in [-0.4, -0.2) is 31.6 Å². The molecule has 0 radical (unpaired) electrons. The molecule has 0 aliphatic rings. The van der Waals surface area contributed by atoms with Gasteiger partial charge in [-0.1, -0.05) is 41.0 Å². The first-order chi connectivity index (χ1) is 14.5. The number of nitrogens with zero attached hydrogens (tertiary/aromatic N) is 4. The Balaban J connectivity index is 1.41. The molecule has 1 amide bonds. The lowest BCUT2D eigenvalue weighted by atomic mass is 10.2. The number of aryl methyl sites for hydroxylation is 1. The van der Waals surface area contributed by atoms with E-state index < -0.39 is 0 Å². The van der Waals surface area contributed by atoms with Gasteiger partial charge in [-0.3, -0.25) is 4.79 Å². The van der Waals surface area contributed by atoms with Gasteiger partial charge in [-0.25, -0.2) is 4.68 Å². The molecule has 0 spiro atoms. The molecule has 0 fully saturated rings. The van der Waals surface area contributed by atoms with Crippen molar-refractivity contribution in [3.05, 3.63) is 70.3 Å². The second kappa shape index (κ2) is 8.91. The van der Waals surface area contributed by atoms with E-state index in [0.29, 0.717) is 27.0 Å². The maximum atomic E-state index is 12.5. The van der Waals surface area contributed by atoms with Crippen molar-refractivity contribution in [1.29, 1.82) is 0 Å². The fourth-order valence-electron chi connectivity index (χ4n) is 2.68. The number of halogens is 2. The molecule has 0 aliphatic carbocycles. The number of hydrogen-bond donors (Lipinski definition) is 1. The number of nitrogens with one attached hydrogen (secondary N) is 1. The van der Waals surface area contributed by atoms with Gasteiger partial charge in [0.2, 0.25) is 11.8 Å². The van der Waals surface area contributed by atoms with Crippen molar-refractivity contribution in [1.82, 2.24) is 20.0 Å². The summed E-state index contributed by atoms with van der Waals surface area (Å²) in [6.07, 6.45) is 0. The van der Waals surface area contributed by atoms with Crippen molar-refractivity contribution in [2.75, 3.05) is 11.1 Å². The predicted octanol–water partition coefficient (Wildman–Crippen LogP) is 5.27. The van der Waals surface area contributed by atoms with Gasteiger partial charge in [0.25, 0.3) is 5.22 Å². The summed E-state index contributed by atoms with van der Waals surface area (Å²) in [5.41, 5.74) is 2.27. The molecule has 7 nitrogen and oxygen atoms in total. The molecule has 0 unspecified atom stereocenters. The Labute approximate surface area is 186 Å². The number of carbonyl (C=O) groups is 1. The Morgan fingerprint density at radius 3 is 2.67 bits per heavy atom. The molecule has 0 aliphatic heterocycles. The van der Waals surface area contributed by atoms with E-state index in [9.17, 15) is 4.79 Å². The first kappa shape index (κ1) is 20.5. The first-order valence-electron chi connectivity index (χ1n) is 8.82. The van der Waals surface area contributed by atoms with Gasteiger partial charge in [0, 0.05) is 21.7 Å². The Hall–Kier alpha value is -2.81. The molecule has 4 rings (SSSR count). The number of amides is 1. The summed E-state index contributed by atoms with van der Waals surface area (Å²) < 4.78 is 7.24. The van der Waals surface area contributed by atoms with Crippen LogP contribution in [0.1, 0.15) is 5.69 Å². The van der Waals surface area contributed by atoms with Crippen LogP contribution >= 0.6 is 35.0 Å². The highest BCUT2D eigenvalue weighted by atomic mass is 35.5. The molecular weight excluding hydrogens is 445 g/mol. The van der Waals surface area contributed by atoms with Gasteiger partial charge in [-0.05, 0) is 49.4 Å². The fourth-order valence-corrected chi connectivity index (χ4v) is 3.55. The molecule has 1 N–H and O–H groups in total. The van der Waals surface area contributed by atoms with Crippen molar-refractivity contribution in [3.8, 4) is 17.1 Å². The lowest BCUT2D eigenvalue weighted by Crippen LogP contribution is -2.17. The lowest BCUT2D eigenvalue weighted by molar-refractivity contribution is -0.113. The van der Waals surface area contributed by atoms with Crippen LogP contribution in [0.25, 0.3) is 17.1 Å². The minimum atomic E-state index is -0.227. The summed E-state index contributed by atoms with van der Waals surface area (Å²) in [5, 5.41) is 16.8. The lowest BCUT2D eigenvalue weighted by Gasteiger charge is -2.08. The number of hydrogen-bond acceptors (Lipinski definition) is 6. The van der Waals surface area contributed by atoms with E-state index in [2.05, 4.69) is 20.6 Å². The summed E-state index contributed by atoms with van der Waals surface area (Å²) in [7, 11) is 0. The molecule has 10 heteroatoms. The van der Waals surface area contributed by atoms with Gasteiger partial charge in [0.15, 0.2) is 0 Å². The van der Waals surface area contributed by atoms with Crippen molar-refractivity contribution in [3.63, 3.8) is 0 Å². The largest absolute Gasteiger partial charge is 0.411 e. The van der Waals surface area contributed by atoms with Crippen molar-refractivity contribution in [2.24, 2.45) is 0 Å². The van der Waals surface area contributed by atoms with E-state index in [1.54, 1.807) is 47.1 Å². The second-order valence-corrected chi connectivity index (χ2v) is 8.08. The Morgan fingerprint density at radius 1 is 1.10 bits per heavy atom. The SMILES string of the molecule is Cc1cc(NC(=O)CSc2nnc(-c3ccc(Cl)cc3)o2)n(-c2cccc(Cl)c2)n1. The monoisotopic (exact) mass is 459 g/mol. The van der Waals surface area contributed by atoms with Gasteiger partial charge in [-0.15, -0.1) is 10.2 Å². The maximum Gasteiger partial charge on any atom is 0.277 e. The highest BCUT2D eigenvalue weighted by Gasteiger charge is 2.14. The smallest absolute Gasteiger partial charge is 0.277 e. The Kier molecular flexibility index (Phi) is 6.08. The standard InChI is InChI=1S/C20H15Cl2N5O2S/c1-12-9-17(27(26-12)16-4-2-3-15(22)10-16)23-18(28)11-30-20-25-24-19(29-20)13-5-7-14(21)8-6-13/h2-10H,11H2,1H3,(H,23,28). The van der Waals surface area contributed by atoms with Crippen LogP contribution in [0.2, 0.25) is 10.0 Å². The zero-order valence-corrected chi connectivity index (χ0v) is 18.0. The molecule has 2 aromatic heterocycles. The normalized spacial score (nSPS) is 10.9. The highest BCUT2D eigenvalue weighted by molar-refractivity contribution is 7.99. The number of benzene rings is 2. The van der Waals surface area contributed by atoms with E-state index in [4.69, 9.17) is 27.6 Å². The number of carbonyl (C=O) groups excluding carboxylic acids is 1. The Morgan fingerprint density at radius 2 is 1.90 bits per heavy atom. The maximum absolute atomic E-state index is 12.5. The first-order valence-corrected chi connectivity index (χ1v) is 10.6. The van der Waals surface area contributed by atoms with Crippen LogP contribution in [-0.2, 0) is 4.79 Å². The minimum Gasteiger partial charge on any atom is -0.411 e. The third-order valence-corrected chi connectivity index (χ3v) is 5.28. The third kappa shape index (κ3) is 4.84. The molecule has 0 saturated carbocycles. The van der Waals surface area contributed by atoms with Crippen molar-refractivity contribution in [2.45, 2.75) is 12.1 Å². The minimum absolute atomic E-state index is 0.0992. The van der Waals surface area contributed by atoms with Crippen LogP contribution in [0.5, 0.6) is 0 Å². The molecule has 4 aromatic rings. The number of anilines is 1. The van der Waals surface area contributed by atoms with E-state index >= 15 is 0 Å². The van der Waals surface area contributed by atoms with Gasteiger partial charge in [0.05, 0.1) is 17.1 Å². The molecule has 30 heavy (non-hydrogen) atoms. The number of aromatic nitrogens is 4. The Bertz CT molecular complexity index is 1190. The second-order valence-electron chi connectivity index (χ2n) is 6.28. The average molecular weight is 460 g/mol. The fraction of sp³-hybridized carbons (Fsp3) is 0.100. The van der Waals surface area contributed by atoms with Crippen LogP contribution in [0, 0.1) is 6.92 Å². The zero-order valence-electron chi connectivity index (χ0n) is 15.7. The summed E-state index contributed by atoms with van der Waals surface area (Å²) in [6.45, 7) is 1.85. The summed E-state index contributed by atoms with van der Waals surface area (Å²) in [6, 6.07) is 16.1. The third-order valence-electron chi connectivity index (χ3n) is 3.98. The average Bonchev–Trinajstić information content (AvgIpc) is 3.33. The van der Waals surface area contributed by atoms with Gasteiger partial charge >= 0.3 is 0 Å². The van der Waals surface area contributed by atoms with Crippen LogP contribution in [0.15, 0.2) is 64.2 Å². The van der Waals surface area contributed by atoms with E-state index in [1.165, 1.54) is 0 Å². The van der Waals surface area contributed by atoms with Gasteiger partial charge in [-0.2, -0.15) is 5.10 Å². The topological polar surface area (TPSA) is 85.8 Å². The molecule has 0 saturated heterocycles. The molecule has 0 atom stereocenters. The van der Waals surface area contributed by atoms with E-state index in [-0.39, 0.29) is 11.7 Å². The van der Waals surface area contributed by atoms with Gasteiger partial charge < -0.3 is 9.73 Å². The van der Waals surface area contributed by atoms with Crippen LogP contribution in [0.3, 0.4) is 0 Å². The quantitative estimate of drug-likeness (QED) is 0.395. The molecular formula is C20H15Cl2N5O2S. The summed E-state index contributed by atoms with van der Waals surface area (Å²) >= 11 is 13.1. The van der Waals surface area contributed by atoms with Crippen LogP contribution < -0.4 is 5.32 Å². The predicted molar refractivity (Wildman–Crippen MR) is 117 cm³/mol. The summed E-state index contributed by atoms with van der Waals surface area (Å²) in [4.78, 5) is 12.5. The highest BCUT2D eigenvalue weighted by Crippen LogP contribution is 2.25. The van der Waals surface area contributed by atoms with Gasteiger partial charge in [0.1, 0.15) is 5.82 Å². The van der Waals surface area contributed by atoms with Crippen molar-refractivity contribution < 1.29 is 9.21 Å². The molecule has 152 valence electrons. The molecule has 2 aromatic carbocycles. The van der Waals surface area contributed by atoms with Crippen LogP contribution in [0.4, 0.5) is 5.82 Å². The number of rotatable bonds is 6. The van der Waals surface area contributed by atoms with Crippen molar-refractivity contribution >= 4 is 46.7 Å². The number of thioether (sulfide) groups is 1. The van der Waals surface area contributed by atoms with E-state index in [1.807, 2.05) is 19.1 Å². The molecule has 0 bridgehead atoms.